The molecule has 3 heterocycles. The van der Waals surface area contributed by atoms with Gasteiger partial charge in [-0.05, 0) is 18.2 Å². The maximum absolute atomic E-state index is 13.9. The Bertz CT molecular complexity index is 1480. The second-order valence-electron chi connectivity index (χ2n) is 9.06. The summed E-state index contributed by atoms with van der Waals surface area (Å²) in [6.07, 6.45) is -3.10. The highest BCUT2D eigenvalue weighted by atomic mass is 19.4. The number of halogens is 3. The van der Waals surface area contributed by atoms with Gasteiger partial charge in [0.2, 0.25) is 23.6 Å². The number of alkyl halides is 3. The van der Waals surface area contributed by atoms with E-state index in [4.69, 9.17) is 9.47 Å². The van der Waals surface area contributed by atoms with Crippen molar-refractivity contribution in [2.45, 2.75) is 13.1 Å². The fourth-order valence-electron chi connectivity index (χ4n) is 4.13. The fourth-order valence-corrected chi connectivity index (χ4v) is 4.13. The highest BCUT2D eigenvalue weighted by molar-refractivity contribution is 6.01. The first kappa shape index (κ1) is 29.9. The molecule has 0 spiro atoms. The van der Waals surface area contributed by atoms with Gasteiger partial charge in [0, 0.05) is 63.2 Å². The van der Waals surface area contributed by atoms with Gasteiger partial charge in [-0.2, -0.15) is 23.1 Å². The zero-order valence-corrected chi connectivity index (χ0v) is 23.1. The number of piperazine rings is 1. The van der Waals surface area contributed by atoms with Gasteiger partial charge in [0.25, 0.3) is 0 Å². The Labute approximate surface area is 239 Å². The first-order valence-corrected chi connectivity index (χ1v) is 12.7. The Balaban J connectivity index is 1.66. The Kier molecular flexibility index (Phi) is 8.98. The van der Waals surface area contributed by atoms with Gasteiger partial charge in [0.05, 0.1) is 25.6 Å². The smallest absolute Gasteiger partial charge is 0.421 e. The SMILES string of the molecule is C=CC(=O)Nc1cc(OC)ccc1Nc1nc(Nc2cc(OC)nc(N3CCN(C(C)=O)CC3)c2)ncc1C(F)(F)F. The number of anilines is 6. The number of nitrogens with zero attached hydrogens (tertiary/aromatic N) is 5. The van der Waals surface area contributed by atoms with Crippen LogP contribution in [0, 0.1) is 0 Å². The topological polar surface area (TPSA) is 134 Å². The van der Waals surface area contributed by atoms with Crippen molar-refractivity contribution >= 4 is 46.5 Å². The predicted molar refractivity (Wildman–Crippen MR) is 151 cm³/mol. The first-order valence-electron chi connectivity index (χ1n) is 12.7. The van der Waals surface area contributed by atoms with Crippen LogP contribution in [0.5, 0.6) is 11.6 Å². The van der Waals surface area contributed by atoms with E-state index in [2.05, 4.69) is 37.5 Å². The monoisotopic (exact) mass is 586 g/mol. The molecule has 1 fully saturated rings. The van der Waals surface area contributed by atoms with E-state index in [1.165, 1.54) is 39.3 Å². The lowest BCUT2D eigenvalue weighted by Gasteiger charge is -2.35. The number of hydrogen-bond donors (Lipinski definition) is 3. The second kappa shape index (κ2) is 12.6. The van der Waals surface area contributed by atoms with Crippen LogP contribution in [0.2, 0.25) is 0 Å². The lowest BCUT2D eigenvalue weighted by molar-refractivity contribution is -0.137. The summed E-state index contributed by atoms with van der Waals surface area (Å²) in [5, 5.41) is 8.12. The third kappa shape index (κ3) is 7.16. The van der Waals surface area contributed by atoms with E-state index >= 15 is 0 Å². The van der Waals surface area contributed by atoms with E-state index in [1.807, 2.05) is 4.90 Å². The summed E-state index contributed by atoms with van der Waals surface area (Å²) in [4.78, 5) is 39.8. The normalized spacial score (nSPS) is 13.3. The number of aromatic nitrogens is 3. The van der Waals surface area contributed by atoms with Crippen LogP contribution in [0.1, 0.15) is 12.5 Å². The molecular formula is C27H29F3N8O4. The van der Waals surface area contributed by atoms with Crippen LogP contribution in [-0.2, 0) is 15.8 Å². The number of benzene rings is 1. The Morgan fingerprint density at radius 1 is 1.00 bits per heavy atom. The third-order valence-electron chi connectivity index (χ3n) is 6.32. The third-order valence-corrected chi connectivity index (χ3v) is 6.32. The number of pyridine rings is 1. The molecule has 222 valence electrons. The van der Waals surface area contributed by atoms with E-state index in [0.717, 1.165) is 6.08 Å². The summed E-state index contributed by atoms with van der Waals surface area (Å²) >= 11 is 0. The molecule has 1 aliphatic heterocycles. The minimum Gasteiger partial charge on any atom is -0.497 e. The average Bonchev–Trinajstić information content (AvgIpc) is 2.97. The van der Waals surface area contributed by atoms with Crippen molar-refractivity contribution < 1.29 is 32.2 Å². The molecule has 15 heteroatoms. The summed E-state index contributed by atoms with van der Waals surface area (Å²) in [7, 11) is 2.86. The molecular weight excluding hydrogens is 557 g/mol. The van der Waals surface area contributed by atoms with Gasteiger partial charge in [-0.3, -0.25) is 9.59 Å². The van der Waals surface area contributed by atoms with Gasteiger partial charge < -0.3 is 35.2 Å². The summed E-state index contributed by atoms with van der Waals surface area (Å²) in [5.41, 5.74) is -0.436. The molecule has 4 rings (SSSR count). The molecule has 2 aromatic heterocycles. The summed E-state index contributed by atoms with van der Waals surface area (Å²) in [5.74, 6) is -0.105. The van der Waals surface area contributed by atoms with Crippen LogP contribution in [0.15, 0.2) is 49.2 Å². The van der Waals surface area contributed by atoms with Gasteiger partial charge in [-0.1, -0.05) is 6.58 Å². The molecule has 12 nitrogen and oxygen atoms in total. The summed E-state index contributed by atoms with van der Waals surface area (Å²) < 4.78 is 52.3. The molecule has 0 saturated carbocycles. The Morgan fingerprint density at radius 2 is 1.74 bits per heavy atom. The average molecular weight is 587 g/mol. The molecule has 0 bridgehead atoms. The predicted octanol–water partition coefficient (Wildman–Crippen LogP) is 4.19. The largest absolute Gasteiger partial charge is 0.497 e. The minimum absolute atomic E-state index is 0.00989. The molecule has 3 aromatic rings. The molecule has 42 heavy (non-hydrogen) atoms. The van der Waals surface area contributed by atoms with Crippen LogP contribution < -0.4 is 30.3 Å². The molecule has 1 aliphatic rings. The van der Waals surface area contributed by atoms with Crippen molar-refractivity contribution in [3.8, 4) is 11.6 Å². The Hall–Kier alpha value is -5.08. The number of ether oxygens (including phenoxy) is 2. The number of hydrogen-bond acceptors (Lipinski definition) is 10. The maximum atomic E-state index is 13.9. The highest BCUT2D eigenvalue weighted by Crippen LogP contribution is 2.37. The minimum atomic E-state index is -4.78. The quantitative estimate of drug-likeness (QED) is 0.314. The van der Waals surface area contributed by atoms with E-state index < -0.39 is 23.5 Å². The zero-order valence-electron chi connectivity index (χ0n) is 23.1. The Morgan fingerprint density at radius 3 is 2.36 bits per heavy atom. The number of amides is 2. The van der Waals surface area contributed by atoms with E-state index in [1.54, 1.807) is 17.0 Å². The van der Waals surface area contributed by atoms with Crippen LogP contribution >= 0.6 is 0 Å². The van der Waals surface area contributed by atoms with Crippen molar-refractivity contribution in [1.29, 1.82) is 0 Å². The number of rotatable bonds is 9. The van der Waals surface area contributed by atoms with Gasteiger partial charge in [0.1, 0.15) is 22.9 Å². The summed E-state index contributed by atoms with van der Waals surface area (Å²) in [6, 6.07) is 7.64. The molecule has 0 radical (unpaired) electrons. The zero-order chi connectivity index (χ0) is 30.4. The maximum Gasteiger partial charge on any atom is 0.421 e. The molecule has 0 unspecified atom stereocenters. The van der Waals surface area contributed by atoms with Crippen molar-refractivity contribution in [3.05, 3.63) is 54.7 Å². The number of carbonyl (C=O) groups excluding carboxylic acids is 2. The molecule has 0 atom stereocenters. The standard InChI is InChI=1S/C27H29F3N8O4/c1-5-23(40)33-21-14-18(41-3)6-7-20(21)34-25-19(27(28,29)30)15-31-26(36-25)32-17-12-22(35-24(13-17)42-4)38-10-8-37(9-11-38)16(2)39/h5-7,12-15H,1,8-11H2,2-4H3,(H,33,40)(H2,31,32,34,35,36). The summed E-state index contributed by atoms with van der Waals surface area (Å²) in [6.45, 7) is 7.03. The van der Waals surface area contributed by atoms with E-state index in [9.17, 15) is 22.8 Å². The van der Waals surface area contributed by atoms with Crippen LogP contribution in [0.25, 0.3) is 0 Å². The van der Waals surface area contributed by atoms with Crippen molar-refractivity contribution in [1.82, 2.24) is 19.9 Å². The van der Waals surface area contributed by atoms with Crippen molar-refractivity contribution in [2.24, 2.45) is 0 Å². The lowest BCUT2D eigenvalue weighted by atomic mass is 10.2. The molecule has 0 aliphatic carbocycles. The van der Waals surface area contributed by atoms with Gasteiger partial charge >= 0.3 is 6.18 Å². The molecule has 2 amide bonds. The van der Waals surface area contributed by atoms with Crippen molar-refractivity contribution in [3.63, 3.8) is 0 Å². The highest BCUT2D eigenvalue weighted by Gasteiger charge is 2.35. The van der Waals surface area contributed by atoms with Crippen LogP contribution in [-0.4, -0.2) is 72.1 Å². The molecule has 1 saturated heterocycles. The first-order chi connectivity index (χ1) is 20.0. The van der Waals surface area contributed by atoms with Gasteiger partial charge in [0.15, 0.2) is 0 Å². The number of carbonyl (C=O) groups is 2. The van der Waals surface area contributed by atoms with Crippen molar-refractivity contribution in [2.75, 3.05) is 61.2 Å². The number of nitrogens with one attached hydrogen (secondary N) is 3. The van der Waals surface area contributed by atoms with E-state index in [-0.39, 0.29) is 29.1 Å². The van der Waals surface area contributed by atoms with Gasteiger partial charge in [-0.15, -0.1) is 0 Å². The molecule has 3 N–H and O–H groups in total. The second-order valence-corrected chi connectivity index (χ2v) is 9.06. The lowest BCUT2D eigenvalue weighted by Crippen LogP contribution is -2.48. The van der Waals surface area contributed by atoms with Crippen LogP contribution in [0.3, 0.4) is 0 Å². The number of methoxy groups -OCH3 is 2. The molecule has 1 aromatic carbocycles. The fraction of sp³-hybridized carbons (Fsp3) is 0.296. The van der Waals surface area contributed by atoms with Gasteiger partial charge in [-0.25, -0.2) is 4.98 Å². The van der Waals surface area contributed by atoms with Crippen LogP contribution in [0.4, 0.5) is 47.8 Å². The van der Waals surface area contributed by atoms with E-state index in [0.29, 0.717) is 49.6 Å².